The molecule has 0 atom stereocenters. The van der Waals surface area contributed by atoms with Crippen LogP contribution >= 0.6 is 0 Å². The fourth-order valence-electron chi connectivity index (χ4n) is 4.19. The average molecular weight is 440 g/mol. The highest BCUT2D eigenvalue weighted by Crippen LogP contribution is 2.32. The van der Waals surface area contributed by atoms with E-state index in [-0.39, 0.29) is 16.7 Å². The van der Waals surface area contributed by atoms with Crippen LogP contribution in [0, 0.1) is 6.92 Å². The van der Waals surface area contributed by atoms with Crippen molar-refractivity contribution in [3.63, 3.8) is 0 Å². The molecule has 0 radical (unpaired) electrons. The summed E-state index contributed by atoms with van der Waals surface area (Å²) in [7, 11) is 1.55. The van der Waals surface area contributed by atoms with Crippen LogP contribution in [-0.4, -0.2) is 34.5 Å². The van der Waals surface area contributed by atoms with Gasteiger partial charge >= 0.3 is 5.97 Å². The van der Waals surface area contributed by atoms with E-state index in [4.69, 9.17) is 9.57 Å². The number of imide groups is 1. The second-order valence-corrected chi connectivity index (χ2v) is 7.74. The molecule has 5 rings (SSSR count). The number of methoxy groups -OCH3 is 1. The maximum absolute atomic E-state index is 13.3. The second-order valence-electron chi connectivity index (χ2n) is 7.74. The van der Waals surface area contributed by atoms with Crippen molar-refractivity contribution in [1.29, 1.82) is 0 Å². The fraction of sp³-hybridized carbons (Fsp3) is 0.115. The number of rotatable bonds is 5. The number of ether oxygens (including phenoxy) is 1. The van der Waals surface area contributed by atoms with Gasteiger partial charge in [0.1, 0.15) is 5.75 Å². The third-order valence-electron chi connectivity index (χ3n) is 5.85. The van der Waals surface area contributed by atoms with Crippen molar-refractivity contribution in [3.8, 4) is 5.75 Å². The van der Waals surface area contributed by atoms with Gasteiger partial charge < -0.3 is 14.1 Å². The summed E-state index contributed by atoms with van der Waals surface area (Å²) in [5, 5.41) is 1.15. The summed E-state index contributed by atoms with van der Waals surface area (Å²) >= 11 is 0. The monoisotopic (exact) mass is 440 g/mol. The minimum absolute atomic E-state index is 0.209. The van der Waals surface area contributed by atoms with Crippen LogP contribution in [0.2, 0.25) is 0 Å². The Balaban J connectivity index is 1.56. The maximum atomic E-state index is 13.3. The Labute approximate surface area is 189 Å². The highest BCUT2D eigenvalue weighted by Gasteiger charge is 2.39. The number of carbonyl (C=O) groups excluding carboxylic acids is 3. The summed E-state index contributed by atoms with van der Waals surface area (Å²) in [4.78, 5) is 44.0. The molecule has 33 heavy (non-hydrogen) atoms. The zero-order chi connectivity index (χ0) is 23.1. The van der Waals surface area contributed by atoms with Crippen molar-refractivity contribution in [1.82, 2.24) is 9.63 Å². The number of benzene rings is 3. The van der Waals surface area contributed by atoms with E-state index in [1.165, 1.54) is 12.1 Å². The molecule has 0 N–H and O–H groups in total. The summed E-state index contributed by atoms with van der Waals surface area (Å²) in [6.07, 6.45) is 0. The van der Waals surface area contributed by atoms with E-state index in [0.717, 1.165) is 11.1 Å². The van der Waals surface area contributed by atoms with E-state index in [9.17, 15) is 14.4 Å². The number of hydrogen-bond donors (Lipinski definition) is 0. The Bertz CT molecular complexity index is 1390. The molecule has 1 aliphatic rings. The van der Waals surface area contributed by atoms with Crippen molar-refractivity contribution in [2.45, 2.75) is 13.5 Å². The van der Waals surface area contributed by atoms with Crippen LogP contribution in [0.25, 0.3) is 10.9 Å². The minimum Gasteiger partial charge on any atom is -0.497 e. The van der Waals surface area contributed by atoms with Gasteiger partial charge in [-0.1, -0.05) is 47.5 Å². The van der Waals surface area contributed by atoms with E-state index in [2.05, 4.69) is 0 Å². The first-order chi connectivity index (χ1) is 16.0. The number of fused-ring (bicyclic) bond motifs is 2. The predicted molar refractivity (Wildman–Crippen MR) is 121 cm³/mol. The fourth-order valence-corrected chi connectivity index (χ4v) is 4.19. The standard InChI is InChI=1S/C26H20N2O5/c1-16-23(26(31)33-28-24(29)19-10-6-7-11-20(19)25(28)30)21-14-18(32-2)12-13-22(21)27(16)15-17-8-4-3-5-9-17/h3-14H,15H2,1-2H3. The van der Waals surface area contributed by atoms with Crippen molar-refractivity contribution < 1.29 is 24.0 Å². The summed E-state index contributed by atoms with van der Waals surface area (Å²) in [6.45, 7) is 2.35. The van der Waals surface area contributed by atoms with E-state index >= 15 is 0 Å². The molecule has 0 saturated heterocycles. The lowest BCUT2D eigenvalue weighted by atomic mass is 10.1. The average Bonchev–Trinajstić information content (AvgIpc) is 3.25. The van der Waals surface area contributed by atoms with E-state index in [1.807, 2.05) is 54.0 Å². The molecule has 0 unspecified atom stereocenters. The number of hydrogen-bond acceptors (Lipinski definition) is 5. The first kappa shape index (κ1) is 20.5. The SMILES string of the molecule is COc1ccc2c(c1)c(C(=O)ON1C(=O)c3ccccc3C1=O)c(C)n2Cc1ccccc1. The van der Waals surface area contributed by atoms with Crippen LogP contribution in [0.3, 0.4) is 0 Å². The maximum Gasteiger partial charge on any atom is 0.366 e. The molecule has 2 amide bonds. The van der Waals surface area contributed by atoms with Crippen LogP contribution < -0.4 is 4.74 Å². The predicted octanol–water partition coefficient (Wildman–Crippen LogP) is 4.37. The molecule has 0 saturated carbocycles. The highest BCUT2D eigenvalue weighted by atomic mass is 16.7. The number of amides is 2. The molecule has 7 nitrogen and oxygen atoms in total. The number of carbonyl (C=O) groups is 3. The van der Waals surface area contributed by atoms with E-state index in [1.54, 1.807) is 25.3 Å². The van der Waals surface area contributed by atoms with Gasteiger partial charge in [0.15, 0.2) is 0 Å². The third kappa shape index (κ3) is 3.34. The first-order valence-corrected chi connectivity index (χ1v) is 10.4. The Morgan fingerprint density at radius 3 is 2.15 bits per heavy atom. The summed E-state index contributed by atoms with van der Waals surface area (Å²) in [5.74, 6) is -1.53. The lowest BCUT2D eigenvalue weighted by Crippen LogP contribution is -2.32. The lowest BCUT2D eigenvalue weighted by molar-refractivity contribution is -0.0583. The molecule has 164 valence electrons. The van der Waals surface area contributed by atoms with Crippen LogP contribution in [0.4, 0.5) is 0 Å². The Hall–Kier alpha value is -4.39. The van der Waals surface area contributed by atoms with Gasteiger partial charge in [-0.3, -0.25) is 9.59 Å². The smallest absolute Gasteiger partial charge is 0.366 e. The molecule has 2 heterocycles. The highest BCUT2D eigenvalue weighted by molar-refractivity contribution is 6.21. The van der Waals surface area contributed by atoms with Gasteiger partial charge in [-0.15, -0.1) is 0 Å². The Morgan fingerprint density at radius 2 is 1.52 bits per heavy atom. The van der Waals surface area contributed by atoms with Crippen molar-refractivity contribution >= 4 is 28.7 Å². The zero-order valence-corrected chi connectivity index (χ0v) is 18.1. The van der Waals surface area contributed by atoms with Gasteiger partial charge in [-0.25, -0.2) is 4.79 Å². The van der Waals surface area contributed by atoms with Crippen molar-refractivity contribution in [2.24, 2.45) is 0 Å². The Morgan fingerprint density at radius 1 is 0.879 bits per heavy atom. The quantitative estimate of drug-likeness (QED) is 0.431. The first-order valence-electron chi connectivity index (χ1n) is 10.4. The van der Waals surface area contributed by atoms with Gasteiger partial charge in [0.2, 0.25) is 0 Å². The minimum atomic E-state index is -0.785. The second kappa shape index (κ2) is 7.94. The Kier molecular flexibility index (Phi) is 4.94. The molecule has 1 aliphatic heterocycles. The zero-order valence-electron chi connectivity index (χ0n) is 18.1. The number of hydroxylamine groups is 2. The summed E-state index contributed by atoms with van der Waals surface area (Å²) in [5.41, 5.74) is 3.22. The molecule has 1 aromatic heterocycles. The van der Waals surface area contributed by atoms with Crippen LogP contribution in [0.5, 0.6) is 5.75 Å². The third-order valence-corrected chi connectivity index (χ3v) is 5.85. The van der Waals surface area contributed by atoms with Gasteiger partial charge in [-0.05, 0) is 42.8 Å². The van der Waals surface area contributed by atoms with Crippen LogP contribution in [-0.2, 0) is 11.4 Å². The normalized spacial score (nSPS) is 12.8. The van der Waals surface area contributed by atoms with Crippen LogP contribution in [0.15, 0.2) is 72.8 Å². The number of nitrogens with zero attached hydrogens (tertiary/aromatic N) is 2. The molecule has 3 aromatic carbocycles. The number of aromatic nitrogens is 1. The van der Waals surface area contributed by atoms with Gasteiger partial charge in [0, 0.05) is 23.1 Å². The molecule has 0 bridgehead atoms. The molecular formula is C26H20N2O5. The van der Waals surface area contributed by atoms with Gasteiger partial charge in [0.25, 0.3) is 11.8 Å². The van der Waals surface area contributed by atoms with Gasteiger partial charge in [0.05, 0.1) is 23.8 Å². The largest absolute Gasteiger partial charge is 0.497 e. The van der Waals surface area contributed by atoms with Gasteiger partial charge in [-0.2, -0.15) is 0 Å². The van der Waals surface area contributed by atoms with E-state index in [0.29, 0.717) is 28.4 Å². The summed E-state index contributed by atoms with van der Waals surface area (Å²) in [6, 6.07) is 21.7. The molecule has 0 aliphatic carbocycles. The molecule has 0 spiro atoms. The molecular weight excluding hydrogens is 420 g/mol. The molecule has 7 heteroatoms. The molecule has 4 aromatic rings. The van der Waals surface area contributed by atoms with Crippen molar-refractivity contribution in [3.05, 3.63) is 101 Å². The summed E-state index contributed by atoms with van der Waals surface area (Å²) < 4.78 is 7.36. The molecule has 0 fully saturated rings. The topological polar surface area (TPSA) is 77.8 Å². The van der Waals surface area contributed by atoms with Crippen molar-refractivity contribution in [2.75, 3.05) is 7.11 Å². The lowest BCUT2D eigenvalue weighted by Gasteiger charge is -2.13. The van der Waals surface area contributed by atoms with Crippen LogP contribution in [0.1, 0.15) is 42.3 Å². The van der Waals surface area contributed by atoms with E-state index < -0.39 is 17.8 Å².